The summed E-state index contributed by atoms with van der Waals surface area (Å²) in [6, 6.07) is 2.08. The minimum Gasteiger partial charge on any atom is -0.353 e. The molecule has 0 bridgehead atoms. The van der Waals surface area contributed by atoms with Crippen LogP contribution < -0.4 is 0 Å². The zero-order valence-corrected chi connectivity index (χ0v) is 5.95. The minimum absolute atomic E-state index is 0.471. The standard InChI is InChI=1S/C6H8N2S/c7-3-5-8-4-1-2-6(8)9/h1-2,4-5H2. The highest BCUT2D eigenvalue weighted by molar-refractivity contribution is 7.80. The first-order chi connectivity index (χ1) is 4.34. The Hall–Kier alpha value is -0.620. The molecule has 0 atom stereocenters. The summed E-state index contributed by atoms with van der Waals surface area (Å²) in [4.78, 5) is 2.91. The van der Waals surface area contributed by atoms with Crippen molar-refractivity contribution < 1.29 is 0 Å². The van der Waals surface area contributed by atoms with Gasteiger partial charge in [0.1, 0.15) is 6.54 Å². The lowest BCUT2D eigenvalue weighted by Gasteiger charge is -2.11. The van der Waals surface area contributed by atoms with Crippen LogP contribution in [0.1, 0.15) is 12.8 Å². The van der Waals surface area contributed by atoms with Crippen molar-refractivity contribution in [2.75, 3.05) is 13.1 Å². The summed E-state index contributed by atoms with van der Waals surface area (Å²) in [5.74, 6) is 0. The fraction of sp³-hybridized carbons (Fsp3) is 0.667. The number of likely N-dealkylation sites (tertiary alicyclic amines) is 1. The molecule has 0 aromatic heterocycles. The molecule has 0 unspecified atom stereocenters. The number of hydrogen-bond acceptors (Lipinski definition) is 2. The second kappa shape index (κ2) is 2.79. The van der Waals surface area contributed by atoms with E-state index in [0.717, 1.165) is 24.4 Å². The van der Waals surface area contributed by atoms with Crippen LogP contribution in [-0.2, 0) is 0 Å². The van der Waals surface area contributed by atoms with Gasteiger partial charge < -0.3 is 4.90 Å². The van der Waals surface area contributed by atoms with E-state index in [4.69, 9.17) is 17.5 Å². The summed E-state index contributed by atoms with van der Waals surface area (Å²) in [7, 11) is 0. The molecule has 0 saturated carbocycles. The predicted octanol–water partition coefficient (Wildman–Crippen LogP) is 0.933. The lowest BCUT2D eigenvalue weighted by Crippen LogP contribution is -2.23. The highest BCUT2D eigenvalue weighted by Crippen LogP contribution is 2.09. The van der Waals surface area contributed by atoms with E-state index >= 15 is 0 Å². The zero-order chi connectivity index (χ0) is 6.69. The van der Waals surface area contributed by atoms with Crippen LogP contribution in [0, 0.1) is 11.3 Å². The van der Waals surface area contributed by atoms with Gasteiger partial charge in [0.05, 0.1) is 11.1 Å². The molecule has 0 aromatic carbocycles. The minimum atomic E-state index is 0.471. The van der Waals surface area contributed by atoms with Gasteiger partial charge in [0.15, 0.2) is 0 Å². The van der Waals surface area contributed by atoms with Gasteiger partial charge in [-0.3, -0.25) is 0 Å². The molecule has 1 saturated heterocycles. The number of hydrogen-bond donors (Lipinski definition) is 0. The number of rotatable bonds is 1. The Morgan fingerprint density at radius 1 is 1.78 bits per heavy atom. The highest BCUT2D eigenvalue weighted by atomic mass is 32.1. The summed E-state index contributed by atoms with van der Waals surface area (Å²) < 4.78 is 0. The average molecular weight is 140 g/mol. The van der Waals surface area contributed by atoms with Crippen LogP contribution in [0.2, 0.25) is 0 Å². The zero-order valence-electron chi connectivity index (χ0n) is 5.13. The van der Waals surface area contributed by atoms with Crippen LogP contribution in [0.3, 0.4) is 0 Å². The van der Waals surface area contributed by atoms with Crippen LogP contribution in [-0.4, -0.2) is 23.0 Å². The van der Waals surface area contributed by atoms with Crippen LogP contribution in [0.4, 0.5) is 0 Å². The molecule has 0 spiro atoms. The van der Waals surface area contributed by atoms with Crippen molar-refractivity contribution in [2.24, 2.45) is 0 Å². The highest BCUT2D eigenvalue weighted by Gasteiger charge is 2.14. The third-order valence-corrected chi connectivity index (χ3v) is 1.90. The Balaban J connectivity index is 2.42. The molecule has 1 fully saturated rings. The van der Waals surface area contributed by atoms with E-state index in [9.17, 15) is 0 Å². The van der Waals surface area contributed by atoms with E-state index < -0.39 is 0 Å². The molecule has 48 valence electrons. The molecule has 1 aliphatic rings. The Kier molecular flexibility index (Phi) is 2.01. The molecule has 0 amide bonds. The smallest absolute Gasteiger partial charge is 0.106 e. The number of thiocarbonyl (C=S) groups is 1. The maximum atomic E-state index is 8.29. The fourth-order valence-corrected chi connectivity index (χ4v) is 1.26. The quantitative estimate of drug-likeness (QED) is 0.400. The Morgan fingerprint density at radius 2 is 2.56 bits per heavy atom. The summed E-state index contributed by atoms with van der Waals surface area (Å²) in [6.45, 7) is 1.45. The predicted molar refractivity (Wildman–Crippen MR) is 39.0 cm³/mol. The molecule has 0 radical (unpaired) electrons. The van der Waals surface area contributed by atoms with E-state index in [1.165, 1.54) is 0 Å². The molecule has 1 rings (SSSR count). The van der Waals surface area contributed by atoms with Gasteiger partial charge in [0.2, 0.25) is 0 Å². The van der Waals surface area contributed by atoms with Crippen LogP contribution in [0.15, 0.2) is 0 Å². The number of nitrogens with zero attached hydrogens (tertiary/aromatic N) is 2. The van der Waals surface area contributed by atoms with Gasteiger partial charge in [-0.15, -0.1) is 0 Å². The third kappa shape index (κ3) is 1.39. The monoisotopic (exact) mass is 140 g/mol. The van der Waals surface area contributed by atoms with Gasteiger partial charge in [0.25, 0.3) is 0 Å². The van der Waals surface area contributed by atoms with Crippen molar-refractivity contribution in [1.29, 1.82) is 5.26 Å². The first-order valence-corrected chi connectivity index (χ1v) is 3.40. The van der Waals surface area contributed by atoms with Crippen LogP contribution in [0.5, 0.6) is 0 Å². The van der Waals surface area contributed by atoms with Crippen molar-refractivity contribution in [3.05, 3.63) is 0 Å². The maximum absolute atomic E-state index is 8.29. The van der Waals surface area contributed by atoms with Gasteiger partial charge in [0, 0.05) is 6.54 Å². The van der Waals surface area contributed by atoms with Crippen molar-refractivity contribution >= 4 is 17.2 Å². The van der Waals surface area contributed by atoms with Gasteiger partial charge in [-0.1, -0.05) is 12.2 Å². The topological polar surface area (TPSA) is 27.0 Å². The molecular weight excluding hydrogens is 132 g/mol. The second-order valence-electron chi connectivity index (χ2n) is 2.08. The summed E-state index contributed by atoms with van der Waals surface area (Å²) in [6.07, 6.45) is 2.12. The second-order valence-corrected chi connectivity index (χ2v) is 2.55. The molecule has 1 heterocycles. The van der Waals surface area contributed by atoms with Crippen molar-refractivity contribution in [2.45, 2.75) is 12.8 Å². The molecule has 2 nitrogen and oxygen atoms in total. The Labute approximate surface area is 60.1 Å². The normalized spacial score (nSPS) is 18.1. The van der Waals surface area contributed by atoms with Gasteiger partial charge in [-0.05, 0) is 12.8 Å². The molecule has 3 heteroatoms. The average Bonchev–Trinajstić information content (AvgIpc) is 2.18. The Bertz CT molecular complexity index is 159. The van der Waals surface area contributed by atoms with Gasteiger partial charge in [-0.2, -0.15) is 5.26 Å². The lowest BCUT2D eigenvalue weighted by molar-refractivity contribution is 0.513. The first kappa shape index (κ1) is 6.50. The van der Waals surface area contributed by atoms with E-state index in [-0.39, 0.29) is 0 Å². The maximum Gasteiger partial charge on any atom is 0.106 e. The molecule has 0 aliphatic carbocycles. The van der Waals surface area contributed by atoms with Gasteiger partial charge in [-0.25, -0.2) is 0 Å². The molecule has 1 aliphatic heterocycles. The van der Waals surface area contributed by atoms with Crippen molar-refractivity contribution in [1.82, 2.24) is 4.90 Å². The summed E-state index contributed by atoms with van der Waals surface area (Å²) >= 11 is 4.98. The molecule has 9 heavy (non-hydrogen) atoms. The largest absolute Gasteiger partial charge is 0.353 e. The Morgan fingerprint density at radius 3 is 3.00 bits per heavy atom. The molecule has 0 N–H and O–H groups in total. The SMILES string of the molecule is N#CCN1CCCC1=S. The number of nitriles is 1. The third-order valence-electron chi connectivity index (χ3n) is 1.43. The van der Waals surface area contributed by atoms with Crippen LogP contribution in [0.25, 0.3) is 0 Å². The van der Waals surface area contributed by atoms with Crippen molar-refractivity contribution in [3.8, 4) is 6.07 Å². The summed E-state index contributed by atoms with van der Waals surface area (Å²) in [5.41, 5.74) is 0. The van der Waals surface area contributed by atoms with E-state index in [1.54, 1.807) is 0 Å². The lowest BCUT2D eigenvalue weighted by atomic mass is 10.4. The van der Waals surface area contributed by atoms with Crippen LogP contribution >= 0.6 is 12.2 Å². The first-order valence-electron chi connectivity index (χ1n) is 2.99. The van der Waals surface area contributed by atoms with E-state index in [1.807, 2.05) is 4.90 Å². The van der Waals surface area contributed by atoms with Crippen molar-refractivity contribution in [3.63, 3.8) is 0 Å². The van der Waals surface area contributed by atoms with Gasteiger partial charge >= 0.3 is 0 Å². The molecular formula is C6H8N2S. The fourth-order valence-electron chi connectivity index (χ4n) is 0.957. The van der Waals surface area contributed by atoms with E-state index in [0.29, 0.717) is 6.54 Å². The summed E-state index contributed by atoms with van der Waals surface area (Å²) in [5, 5.41) is 8.29. The molecule has 0 aromatic rings. The van der Waals surface area contributed by atoms with E-state index in [2.05, 4.69) is 6.07 Å².